The van der Waals surface area contributed by atoms with Crippen LogP contribution in [0.15, 0.2) is 54.7 Å². The van der Waals surface area contributed by atoms with Gasteiger partial charge < -0.3 is 16.0 Å². The van der Waals surface area contributed by atoms with E-state index in [0.717, 1.165) is 10.9 Å². The van der Waals surface area contributed by atoms with Crippen molar-refractivity contribution in [2.75, 3.05) is 5.32 Å². The number of primary amides is 1. The molecule has 0 aliphatic carbocycles. The third-order valence-electron chi connectivity index (χ3n) is 3.27. The number of nitrogens with two attached hydrogens (primary N) is 1. The first-order valence-electron chi connectivity index (χ1n) is 6.43. The molecule has 5 nitrogen and oxygen atoms in total. The van der Waals surface area contributed by atoms with Crippen molar-refractivity contribution >= 4 is 28.4 Å². The summed E-state index contributed by atoms with van der Waals surface area (Å²) in [6, 6.07) is 14.2. The molecule has 0 radical (unpaired) electrons. The number of hydrogen-bond donors (Lipinski definition) is 3. The van der Waals surface area contributed by atoms with Gasteiger partial charge in [-0.3, -0.25) is 9.59 Å². The molecule has 21 heavy (non-hydrogen) atoms. The van der Waals surface area contributed by atoms with E-state index in [1.165, 1.54) is 0 Å². The molecular weight excluding hydrogens is 266 g/mol. The molecule has 1 heterocycles. The number of rotatable bonds is 3. The van der Waals surface area contributed by atoms with Crippen molar-refractivity contribution in [1.82, 2.24) is 4.98 Å². The van der Waals surface area contributed by atoms with Crippen molar-refractivity contribution in [3.8, 4) is 0 Å². The van der Waals surface area contributed by atoms with E-state index in [-0.39, 0.29) is 11.5 Å². The molecule has 0 aliphatic rings. The highest BCUT2D eigenvalue weighted by Gasteiger charge is 2.14. The van der Waals surface area contributed by atoms with E-state index in [1.54, 1.807) is 30.5 Å². The van der Waals surface area contributed by atoms with Crippen LogP contribution in [0, 0.1) is 0 Å². The van der Waals surface area contributed by atoms with E-state index >= 15 is 0 Å². The maximum atomic E-state index is 12.4. The summed E-state index contributed by atoms with van der Waals surface area (Å²) in [4.78, 5) is 26.8. The number of carbonyl (C=O) groups is 2. The minimum Gasteiger partial charge on any atom is -0.366 e. The van der Waals surface area contributed by atoms with Gasteiger partial charge in [0.25, 0.3) is 11.8 Å². The average molecular weight is 279 g/mol. The quantitative estimate of drug-likeness (QED) is 0.687. The van der Waals surface area contributed by atoms with Crippen molar-refractivity contribution in [3.05, 3.63) is 65.9 Å². The highest BCUT2D eigenvalue weighted by molar-refractivity contribution is 6.14. The van der Waals surface area contributed by atoms with Crippen LogP contribution in [0.1, 0.15) is 20.7 Å². The van der Waals surface area contributed by atoms with E-state index in [1.807, 2.05) is 24.3 Å². The Balaban J connectivity index is 1.96. The lowest BCUT2D eigenvalue weighted by molar-refractivity contribution is 0.100. The van der Waals surface area contributed by atoms with Crippen LogP contribution in [0.3, 0.4) is 0 Å². The lowest BCUT2D eigenvalue weighted by atomic mass is 10.1. The van der Waals surface area contributed by atoms with Crippen molar-refractivity contribution in [1.29, 1.82) is 0 Å². The molecule has 0 bridgehead atoms. The number of nitrogens with one attached hydrogen (secondary N) is 2. The molecule has 0 spiro atoms. The fourth-order valence-electron chi connectivity index (χ4n) is 2.26. The monoisotopic (exact) mass is 279 g/mol. The summed E-state index contributed by atoms with van der Waals surface area (Å²) in [6.07, 6.45) is 1.65. The lowest BCUT2D eigenvalue weighted by Crippen LogP contribution is -2.18. The molecule has 0 saturated carbocycles. The maximum Gasteiger partial charge on any atom is 0.257 e. The first-order chi connectivity index (χ1) is 10.2. The van der Waals surface area contributed by atoms with Crippen molar-refractivity contribution in [2.45, 2.75) is 0 Å². The number of fused-ring (bicyclic) bond motifs is 1. The molecule has 5 heteroatoms. The summed E-state index contributed by atoms with van der Waals surface area (Å²) in [7, 11) is 0. The number of para-hydroxylation sites is 2. The topological polar surface area (TPSA) is 88.0 Å². The molecule has 1 aromatic heterocycles. The number of H-pyrrole nitrogens is 1. The van der Waals surface area contributed by atoms with Gasteiger partial charge in [-0.2, -0.15) is 0 Å². The van der Waals surface area contributed by atoms with Gasteiger partial charge in [0, 0.05) is 17.1 Å². The lowest BCUT2D eigenvalue weighted by Gasteiger charge is -2.08. The smallest absolute Gasteiger partial charge is 0.257 e. The van der Waals surface area contributed by atoms with Crippen molar-refractivity contribution in [2.24, 2.45) is 5.73 Å². The summed E-state index contributed by atoms with van der Waals surface area (Å²) in [5, 5.41) is 3.55. The molecule has 4 N–H and O–H groups in total. The largest absolute Gasteiger partial charge is 0.366 e. The van der Waals surface area contributed by atoms with Gasteiger partial charge in [0.1, 0.15) is 0 Å². The first-order valence-corrected chi connectivity index (χ1v) is 6.43. The Morgan fingerprint density at radius 2 is 1.67 bits per heavy atom. The van der Waals surface area contributed by atoms with Crippen molar-refractivity contribution < 1.29 is 9.59 Å². The van der Waals surface area contributed by atoms with Crippen LogP contribution < -0.4 is 11.1 Å². The van der Waals surface area contributed by atoms with Gasteiger partial charge in [0.05, 0.1) is 16.8 Å². The highest BCUT2D eigenvalue weighted by atomic mass is 16.2. The third kappa shape index (κ3) is 2.36. The van der Waals surface area contributed by atoms with Gasteiger partial charge in [-0.05, 0) is 18.2 Å². The second-order valence-electron chi connectivity index (χ2n) is 4.61. The molecular formula is C16H13N3O2. The van der Waals surface area contributed by atoms with Gasteiger partial charge in [-0.1, -0.05) is 30.3 Å². The standard InChI is InChI=1S/C16H13N3O2/c17-15(20)11-6-2-4-8-14(11)19-16(21)12-9-18-13-7-3-1-5-10(12)13/h1-9,18H,(H2,17,20)(H,19,21). The molecule has 0 fully saturated rings. The highest BCUT2D eigenvalue weighted by Crippen LogP contribution is 2.20. The number of hydrogen-bond acceptors (Lipinski definition) is 2. The SMILES string of the molecule is NC(=O)c1ccccc1NC(=O)c1c[nH]c2ccccc12. The van der Waals surface area contributed by atoms with Gasteiger partial charge in [-0.15, -0.1) is 0 Å². The molecule has 0 saturated heterocycles. The second kappa shape index (κ2) is 5.13. The fraction of sp³-hybridized carbons (Fsp3) is 0. The van der Waals surface area contributed by atoms with Gasteiger partial charge in [0.15, 0.2) is 0 Å². The Morgan fingerprint density at radius 1 is 0.952 bits per heavy atom. The first kappa shape index (κ1) is 12.9. The molecule has 0 aliphatic heterocycles. The normalized spacial score (nSPS) is 10.5. The summed E-state index contributed by atoms with van der Waals surface area (Å²) >= 11 is 0. The van der Waals surface area contributed by atoms with E-state index in [0.29, 0.717) is 11.3 Å². The van der Waals surface area contributed by atoms with E-state index in [9.17, 15) is 9.59 Å². The number of amides is 2. The number of benzene rings is 2. The number of aromatic nitrogens is 1. The van der Waals surface area contributed by atoms with E-state index in [4.69, 9.17) is 5.73 Å². The van der Waals surface area contributed by atoms with Crippen LogP contribution in [0.2, 0.25) is 0 Å². The third-order valence-corrected chi connectivity index (χ3v) is 3.27. The Labute approximate surface area is 120 Å². The van der Waals surface area contributed by atoms with Crippen LogP contribution in [0.5, 0.6) is 0 Å². The van der Waals surface area contributed by atoms with Crippen LogP contribution in [-0.2, 0) is 0 Å². The van der Waals surface area contributed by atoms with Crippen LogP contribution in [-0.4, -0.2) is 16.8 Å². The summed E-state index contributed by atoms with van der Waals surface area (Å²) in [6.45, 7) is 0. The van der Waals surface area contributed by atoms with Crippen LogP contribution in [0.25, 0.3) is 10.9 Å². The number of carbonyl (C=O) groups excluding carboxylic acids is 2. The summed E-state index contributed by atoms with van der Waals surface area (Å²) in [5.74, 6) is -0.869. The fourth-order valence-corrected chi connectivity index (χ4v) is 2.26. The number of anilines is 1. The zero-order valence-electron chi connectivity index (χ0n) is 11.1. The predicted octanol–water partition coefficient (Wildman–Crippen LogP) is 2.52. The molecule has 3 rings (SSSR count). The zero-order chi connectivity index (χ0) is 14.8. The molecule has 2 amide bonds. The van der Waals surface area contributed by atoms with Crippen LogP contribution in [0.4, 0.5) is 5.69 Å². The van der Waals surface area contributed by atoms with Gasteiger partial charge >= 0.3 is 0 Å². The molecule has 3 aromatic rings. The molecule has 2 aromatic carbocycles. The zero-order valence-corrected chi connectivity index (χ0v) is 11.1. The summed E-state index contributed by atoms with van der Waals surface area (Å²) < 4.78 is 0. The van der Waals surface area contributed by atoms with E-state index in [2.05, 4.69) is 10.3 Å². The molecule has 104 valence electrons. The second-order valence-corrected chi connectivity index (χ2v) is 4.61. The van der Waals surface area contributed by atoms with Crippen LogP contribution >= 0.6 is 0 Å². The van der Waals surface area contributed by atoms with E-state index < -0.39 is 5.91 Å². The number of aromatic amines is 1. The Kier molecular flexibility index (Phi) is 3.16. The Hall–Kier alpha value is -3.08. The molecule has 0 unspecified atom stereocenters. The minimum absolute atomic E-state index is 0.283. The Bertz CT molecular complexity index is 836. The Morgan fingerprint density at radius 3 is 2.48 bits per heavy atom. The van der Waals surface area contributed by atoms with Crippen molar-refractivity contribution in [3.63, 3.8) is 0 Å². The maximum absolute atomic E-state index is 12.4. The van der Waals surface area contributed by atoms with Gasteiger partial charge in [-0.25, -0.2) is 0 Å². The summed E-state index contributed by atoms with van der Waals surface area (Å²) in [5.41, 5.74) is 7.39. The minimum atomic E-state index is -0.579. The molecule has 0 atom stereocenters. The predicted molar refractivity (Wildman–Crippen MR) is 81.2 cm³/mol. The average Bonchev–Trinajstić information content (AvgIpc) is 2.91. The van der Waals surface area contributed by atoms with Gasteiger partial charge in [0.2, 0.25) is 0 Å².